The Kier molecular flexibility index (Phi) is 6.39. The Bertz CT molecular complexity index is 2830. The lowest BCUT2D eigenvalue weighted by atomic mass is 10.0. The average Bonchev–Trinajstić information content (AvgIpc) is 3.73. The molecule has 0 saturated carbocycles. The molecular formula is C46H29NOS. The quantitative estimate of drug-likeness (QED) is 0.186. The maximum Gasteiger partial charge on any atom is 0.137 e. The molecule has 0 unspecified atom stereocenters. The number of benzene rings is 8. The fourth-order valence-corrected chi connectivity index (χ4v) is 8.45. The van der Waals surface area contributed by atoms with E-state index in [1.165, 1.54) is 53.2 Å². The van der Waals surface area contributed by atoms with E-state index in [1.807, 2.05) is 23.5 Å². The fraction of sp³-hybridized carbons (Fsp3) is 0. The summed E-state index contributed by atoms with van der Waals surface area (Å²) in [4.78, 5) is 2.32. The molecule has 0 radical (unpaired) electrons. The van der Waals surface area contributed by atoms with Crippen LogP contribution < -0.4 is 4.90 Å². The second kappa shape index (κ2) is 11.2. The van der Waals surface area contributed by atoms with Gasteiger partial charge in [0.05, 0.1) is 0 Å². The number of anilines is 3. The van der Waals surface area contributed by atoms with Gasteiger partial charge in [0.1, 0.15) is 11.2 Å². The molecule has 10 aromatic rings. The molecule has 0 atom stereocenters. The van der Waals surface area contributed by atoms with Crippen LogP contribution in [0.25, 0.3) is 75.1 Å². The molecule has 0 bridgehead atoms. The molecule has 0 amide bonds. The maximum atomic E-state index is 6.34. The number of thiophene rings is 1. The zero-order valence-electron chi connectivity index (χ0n) is 26.5. The predicted octanol–water partition coefficient (Wildman–Crippen LogP) is 13.9. The smallest absolute Gasteiger partial charge is 0.137 e. The Balaban J connectivity index is 1.08. The normalized spacial score (nSPS) is 11.7. The summed E-state index contributed by atoms with van der Waals surface area (Å²) in [5, 5.41) is 7.54. The Morgan fingerprint density at radius 2 is 1.02 bits per heavy atom. The molecule has 0 fully saturated rings. The van der Waals surface area contributed by atoms with E-state index in [-0.39, 0.29) is 0 Å². The molecule has 8 aromatic carbocycles. The third-order valence-corrected chi connectivity index (χ3v) is 10.8. The topological polar surface area (TPSA) is 16.4 Å². The summed E-state index contributed by atoms with van der Waals surface area (Å²) in [6.45, 7) is 0. The molecule has 0 N–H and O–H groups in total. The second-order valence-corrected chi connectivity index (χ2v) is 13.6. The summed E-state index contributed by atoms with van der Waals surface area (Å²) >= 11 is 1.87. The minimum atomic E-state index is 0.879. The molecule has 0 spiro atoms. The van der Waals surface area contributed by atoms with E-state index in [2.05, 4.69) is 169 Å². The maximum absolute atomic E-state index is 6.34. The van der Waals surface area contributed by atoms with Crippen LogP contribution in [0.4, 0.5) is 17.1 Å². The fourth-order valence-electron chi connectivity index (χ4n) is 7.28. The number of hydrogen-bond donors (Lipinski definition) is 0. The zero-order chi connectivity index (χ0) is 32.3. The van der Waals surface area contributed by atoms with Crippen molar-refractivity contribution in [2.24, 2.45) is 0 Å². The van der Waals surface area contributed by atoms with Gasteiger partial charge in [0.2, 0.25) is 0 Å². The predicted molar refractivity (Wildman–Crippen MR) is 210 cm³/mol. The van der Waals surface area contributed by atoms with Gasteiger partial charge in [-0.25, -0.2) is 0 Å². The van der Waals surface area contributed by atoms with E-state index in [0.717, 1.165) is 39.0 Å². The number of hydrogen-bond acceptors (Lipinski definition) is 3. The standard InChI is InChI=1S/C46H29NOS/c1-2-9-30(10-3-1)33-12-8-13-36(27-33)47(37-23-25-40-39-15-6-7-16-42(39)48-43(40)29-37)35-21-17-31(18-22-35)34-19-24-41-45(28-34)49-44-26-20-32-11-4-5-14-38(32)46(41)44/h1-29H. The summed E-state index contributed by atoms with van der Waals surface area (Å²) in [6, 6.07) is 63.2. The summed E-state index contributed by atoms with van der Waals surface area (Å²) in [5.41, 5.74) is 9.77. The largest absolute Gasteiger partial charge is 0.456 e. The first kappa shape index (κ1) is 27.9. The van der Waals surface area contributed by atoms with Crippen molar-refractivity contribution in [2.75, 3.05) is 4.90 Å². The van der Waals surface area contributed by atoms with Crippen molar-refractivity contribution in [3.05, 3.63) is 176 Å². The van der Waals surface area contributed by atoms with Crippen molar-refractivity contribution < 1.29 is 4.42 Å². The van der Waals surface area contributed by atoms with Gasteiger partial charge >= 0.3 is 0 Å². The lowest BCUT2D eigenvalue weighted by Gasteiger charge is -2.26. The van der Waals surface area contributed by atoms with Crippen molar-refractivity contribution >= 4 is 81.3 Å². The SMILES string of the molecule is c1ccc(-c2cccc(N(c3ccc(-c4ccc5c(c4)sc4ccc6ccccc6c45)cc3)c3ccc4c(c3)oc3ccccc34)c2)cc1. The van der Waals surface area contributed by atoms with E-state index >= 15 is 0 Å². The van der Waals surface area contributed by atoms with E-state index in [1.54, 1.807) is 0 Å². The minimum absolute atomic E-state index is 0.879. The minimum Gasteiger partial charge on any atom is -0.456 e. The van der Waals surface area contributed by atoms with Gasteiger partial charge in [-0.05, 0) is 87.6 Å². The number of nitrogens with zero attached hydrogens (tertiary/aromatic N) is 1. The second-order valence-electron chi connectivity index (χ2n) is 12.6. The van der Waals surface area contributed by atoms with Gasteiger partial charge in [0.15, 0.2) is 0 Å². The van der Waals surface area contributed by atoms with Gasteiger partial charge in [-0.15, -0.1) is 11.3 Å². The van der Waals surface area contributed by atoms with Crippen molar-refractivity contribution in [2.45, 2.75) is 0 Å². The summed E-state index contributed by atoms with van der Waals surface area (Å²) in [6.07, 6.45) is 0. The van der Waals surface area contributed by atoms with Crippen LogP contribution in [0.1, 0.15) is 0 Å². The zero-order valence-corrected chi connectivity index (χ0v) is 27.3. The highest BCUT2D eigenvalue weighted by Gasteiger charge is 2.17. The lowest BCUT2D eigenvalue weighted by Crippen LogP contribution is -2.10. The Hall–Kier alpha value is -6.16. The van der Waals surface area contributed by atoms with Gasteiger partial charge in [-0.3, -0.25) is 0 Å². The van der Waals surface area contributed by atoms with E-state index in [9.17, 15) is 0 Å². The molecule has 0 aliphatic carbocycles. The molecule has 10 rings (SSSR count). The molecule has 0 aliphatic heterocycles. The highest BCUT2D eigenvalue weighted by atomic mass is 32.1. The van der Waals surface area contributed by atoms with Gasteiger partial charge in [0, 0.05) is 54.1 Å². The van der Waals surface area contributed by atoms with Crippen molar-refractivity contribution in [1.29, 1.82) is 0 Å². The summed E-state index contributed by atoms with van der Waals surface area (Å²) < 4.78 is 8.98. The van der Waals surface area contributed by atoms with Crippen LogP contribution in [0.2, 0.25) is 0 Å². The Morgan fingerprint density at radius 3 is 1.92 bits per heavy atom. The molecule has 0 saturated heterocycles. The van der Waals surface area contributed by atoms with Crippen LogP contribution in [-0.4, -0.2) is 0 Å². The number of para-hydroxylation sites is 1. The van der Waals surface area contributed by atoms with Gasteiger partial charge in [-0.1, -0.05) is 115 Å². The molecule has 49 heavy (non-hydrogen) atoms. The van der Waals surface area contributed by atoms with Crippen LogP contribution in [0.3, 0.4) is 0 Å². The molecule has 2 nitrogen and oxygen atoms in total. The Morgan fingerprint density at radius 1 is 0.367 bits per heavy atom. The third kappa shape index (κ3) is 4.70. The van der Waals surface area contributed by atoms with Gasteiger partial charge < -0.3 is 9.32 Å². The number of fused-ring (bicyclic) bond motifs is 8. The highest BCUT2D eigenvalue weighted by molar-refractivity contribution is 7.26. The van der Waals surface area contributed by atoms with Crippen LogP contribution >= 0.6 is 11.3 Å². The molecule has 230 valence electrons. The van der Waals surface area contributed by atoms with Gasteiger partial charge in [0.25, 0.3) is 0 Å². The average molecular weight is 644 g/mol. The summed E-state index contributed by atoms with van der Waals surface area (Å²) in [5.74, 6) is 0. The van der Waals surface area contributed by atoms with E-state index in [0.29, 0.717) is 0 Å². The number of rotatable bonds is 5. The van der Waals surface area contributed by atoms with Crippen LogP contribution in [-0.2, 0) is 0 Å². The first-order chi connectivity index (χ1) is 24.3. The van der Waals surface area contributed by atoms with Crippen molar-refractivity contribution in [3.8, 4) is 22.3 Å². The van der Waals surface area contributed by atoms with Gasteiger partial charge in [-0.2, -0.15) is 0 Å². The molecule has 3 heteroatoms. The first-order valence-corrected chi connectivity index (χ1v) is 17.4. The monoisotopic (exact) mass is 643 g/mol. The third-order valence-electron chi connectivity index (χ3n) is 9.65. The number of furan rings is 1. The van der Waals surface area contributed by atoms with E-state index < -0.39 is 0 Å². The molecule has 0 aliphatic rings. The van der Waals surface area contributed by atoms with Crippen LogP contribution in [0.5, 0.6) is 0 Å². The molecule has 2 aromatic heterocycles. The first-order valence-electron chi connectivity index (χ1n) is 16.6. The van der Waals surface area contributed by atoms with Crippen LogP contribution in [0, 0.1) is 0 Å². The Labute approximate surface area is 287 Å². The van der Waals surface area contributed by atoms with Crippen LogP contribution in [0.15, 0.2) is 180 Å². The van der Waals surface area contributed by atoms with E-state index in [4.69, 9.17) is 4.42 Å². The molecular weight excluding hydrogens is 615 g/mol. The summed E-state index contributed by atoms with van der Waals surface area (Å²) in [7, 11) is 0. The molecule has 2 heterocycles. The van der Waals surface area contributed by atoms with Crippen molar-refractivity contribution in [1.82, 2.24) is 0 Å². The lowest BCUT2D eigenvalue weighted by molar-refractivity contribution is 0.669. The van der Waals surface area contributed by atoms with Crippen molar-refractivity contribution in [3.63, 3.8) is 0 Å². The highest BCUT2D eigenvalue weighted by Crippen LogP contribution is 2.42.